The molecule has 2 heterocycles. The number of likely N-dealkylation sites (N-methyl/N-ethyl adjacent to an activating group) is 1. The summed E-state index contributed by atoms with van der Waals surface area (Å²) in [6, 6.07) is 7.60. The SMILES string of the molecule is CC[NH+](CC(=O)Nc1cc(Cl)ccc1C)Cc1csc(-c2ccsc2)n1. The molecular weight excluding hydrogens is 386 g/mol. The van der Waals surface area contributed by atoms with Crippen molar-refractivity contribution in [2.45, 2.75) is 20.4 Å². The van der Waals surface area contributed by atoms with Crippen LogP contribution >= 0.6 is 34.3 Å². The van der Waals surface area contributed by atoms with Gasteiger partial charge in [0.25, 0.3) is 5.91 Å². The number of thiophene rings is 1. The smallest absolute Gasteiger partial charge is 0.279 e. The fourth-order valence-corrected chi connectivity index (χ4v) is 4.33. The van der Waals surface area contributed by atoms with Gasteiger partial charge in [0.2, 0.25) is 0 Å². The second-order valence-electron chi connectivity index (χ2n) is 6.12. The molecule has 0 fully saturated rings. The first kappa shape index (κ1) is 19.0. The monoisotopic (exact) mass is 406 g/mol. The zero-order valence-corrected chi connectivity index (χ0v) is 17.1. The molecule has 1 aromatic carbocycles. The van der Waals surface area contributed by atoms with E-state index in [1.807, 2.05) is 19.1 Å². The molecule has 0 spiro atoms. The third-order valence-electron chi connectivity index (χ3n) is 4.14. The number of aryl methyl sites for hydroxylation is 1. The van der Waals surface area contributed by atoms with Gasteiger partial charge in [0, 0.05) is 27.0 Å². The molecular formula is C19H21ClN3OS2+. The number of carbonyl (C=O) groups excluding carboxylic acids is 1. The molecule has 0 aliphatic heterocycles. The van der Waals surface area contributed by atoms with Crippen molar-refractivity contribution in [1.29, 1.82) is 0 Å². The number of anilines is 1. The second-order valence-corrected chi connectivity index (χ2v) is 8.20. The minimum absolute atomic E-state index is 0.0134. The number of rotatable bonds is 7. The molecule has 1 atom stereocenters. The zero-order chi connectivity index (χ0) is 18.5. The minimum Gasteiger partial charge on any atom is -0.322 e. The average molecular weight is 407 g/mol. The van der Waals surface area contributed by atoms with E-state index in [2.05, 4.69) is 34.4 Å². The number of carbonyl (C=O) groups is 1. The van der Waals surface area contributed by atoms with Crippen LogP contribution in [0.1, 0.15) is 18.2 Å². The first-order chi connectivity index (χ1) is 12.5. The first-order valence-electron chi connectivity index (χ1n) is 8.41. The Morgan fingerprint density at radius 3 is 2.88 bits per heavy atom. The van der Waals surface area contributed by atoms with Crippen LogP contribution in [0.15, 0.2) is 40.4 Å². The largest absolute Gasteiger partial charge is 0.322 e. The molecule has 0 saturated carbocycles. The van der Waals surface area contributed by atoms with E-state index in [0.717, 1.165) is 35.0 Å². The van der Waals surface area contributed by atoms with E-state index in [1.54, 1.807) is 28.7 Å². The molecule has 3 rings (SSSR count). The summed E-state index contributed by atoms with van der Waals surface area (Å²) in [5.74, 6) is -0.0134. The highest BCUT2D eigenvalue weighted by Crippen LogP contribution is 2.25. The number of thiazole rings is 1. The number of benzene rings is 1. The Bertz CT molecular complexity index is 877. The fraction of sp³-hybridized carbons (Fsp3) is 0.263. The Morgan fingerprint density at radius 1 is 1.31 bits per heavy atom. The summed E-state index contributed by atoms with van der Waals surface area (Å²) in [4.78, 5) is 18.3. The normalized spacial score (nSPS) is 12.1. The van der Waals surface area contributed by atoms with Gasteiger partial charge in [-0.15, -0.1) is 11.3 Å². The maximum Gasteiger partial charge on any atom is 0.279 e. The van der Waals surface area contributed by atoms with Crippen LogP contribution in [0.25, 0.3) is 10.6 Å². The molecule has 4 nitrogen and oxygen atoms in total. The lowest BCUT2D eigenvalue weighted by Crippen LogP contribution is -3.11. The van der Waals surface area contributed by atoms with Crippen LogP contribution in [0.5, 0.6) is 0 Å². The summed E-state index contributed by atoms with van der Waals surface area (Å²) >= 11 is 9.35. The molecule has 26 heavy (non-hydrogen) atoms. The van der Waals surface area contributed by atoms with Crippen molar-refractivity contribution in [3.63, 3.8) is 0 Å². The number of hydrogen-bond acceptors (Lipinski definition) is 4. The number of nitrogens with zero attached hydrogens (tertiary/aromatic N) is 1. The number of nitrogens with one attached hydrogen (secondary N) is 2. The van der Waals surface area contributed by atoms with Crippen molar-refractivity contribution in [3.05, 3.63) is 56.7 Å². The topological polar surface area (TPSA) is 46.4 Å². The maximum atomic E-state index is 12.4. The van der Waals surface area contributed by atoms with Gasteiger partial charge in [-0.2, -0.15) is 11.3 Å². The Morgan fingerprint density at radius 2 is 2.15 bits per heavy atom. The maximum absolute atomic E-state index is 12.4. The van der Waals surface area contributed by atoms with Crippen molar-refractivity contribution in [1.82, 2.24) is 4.98 Å². The number of halogens is 1. The molecule has 1 amide bonds. The molecule has 136 valence electrons. The van der Waals surface area contributed by atoms with Gasteiger partial charge in [0.15, 0.2) is 6.54 Å². The van der Waals surface area contributed by atoms with Crippen molar-refractivity contribution < 1.29 is 9.69 Å². The van der Waals surface area contributed by atoms with E-state index in [-0.39, 0.29) is 5.91 Å². The molecule has 1 unspecified atom stereocenters. The highest BCUT2D eigenvalue weighted by Gasteiger charge is 2.16. The van der Waals surface area contributed by atoms with Gasteiger partial charge in [-0.3, -0.25) is 4.79 Å². The number of hydrogen-bond donors (Lipinski definition) is 2. The van der Waals surface area contributed by atoms with Gasteiger partial charge in [-0.25, -0.2) is 4.98 Å². The Hall–Kier alpha value is -1.73. The third kappa shape index (κ3) is 4.92. The molecule has 0 aliphatic carbocycles. The first-order valence-corrected chi connectivity index (χ1v) is 10.6. The Balaban J connectivity index is 1.60. The third-order valence-corrected chi connectivity index (χ3v) is 5.99. The molecule has 2 aromatic heterocycles. The van der Waals surface area contributed by atoms with E-state index >= 15 is 0 Å². The number of quaternary nitrogens is 1. The van der Waals surface area contributed by atoms with Crippen LogP contribution in [0.3, 0.4) is 0 Å². The van der Waals surface area contributed by atoms with Crippen LogP contribution in [-0.2, 0) is 11.3 Å². The van der Waals surface area contributed by atoms with Crippen LogP contribution in [-0.4, -0.2) is 24.0 Å². The van der Waals surface area contributed by atoms with Gasteiger partial charge < -0.3 is 10.2 Å². The van der Waals surface area contributed by atoms with E-state index in [9.17, 15) is 4.79 Å². The molecule has 0 saturated heterocycles. The summed E-state index contributed by atoms with van der Waals surface area (Å²) in [7, 11) is 0. The molecule has 7 heteroatoms. The number of amides is 1. The van der Waals surface area contributed by atoms with Gasteiger partial charge >= 0.3 is 0 Å². The lowest BCUT2D eigenvalue weighted by molar-refractivity contribution is -0.904. The average Bonchev–Trinajstić information content (AvgIpc) is 3.28. The van der Waals surface area contributed by atoms with Gasteiger partial charge in [-0.1, -0.05) is 17.7 Å². The van der Waals surface area contributed by atoms with Gasteiger partial charge in [-0.05, 0) is 43.0 Å². The van der Waals surface area contributed by atoms with Crippen LogP contribution in [0.4, 0.5) is 5.69 Å². The summed E-state index contributed by atoms with van der Waals surface area (Å²) in [5, 5.41) is 10.9. The molecule has 2 N–H and O–H groups in total. The van der Waals surface area contributed by atoms with Crippen molar-refractivity contribution >= 4 is 45.9 Å². The molecule has 0 aliphatic rings. The van der Waals surface area contributed by atoms with Gasteiger partial charge in [0.05, 0.1) is 6.54 Å². The lowest BCUT2D eigenvalue weighted by atomic mass is 10.2. The van der Waals surface area contributed by atoms with E-state index in [1.165, 1.54) is 10.5 Å². The Labute approximate surface area is 166 Å². The van der Waals surface area contributed by atoms with Crippen LogP contribution < -0.4 is 10.2 Å². The summed E-state index contributed by atoms with van der Waals surface area (Å²) in [5.41, 5.74) is 3.96. The predicted molar refractivity (Wildman–Crippen MR) is 110 cm³/mol. The predicted octanol–water partition coefficient (Wildman–Crippen LogP) is 3.88. The minimum atomic E-state index is -0.0134. The summed E-state index contributed by atoms with van der Waals surface area (Å²) in [6.45, 7) is 6.02. The molecule has 0 bridgehead atoms. The standard InChI is InChI=1S/C19H20ClN3OS2/c1-3-23(9-16-12-26-19(21-16)14-6-7-25-11-14)10-18(24)22-17-8-15(20)5-4-13(17)2/h4-8,11-12H,3,9-10H2,1-2H3,(H,22,24)/p+1. The second kappa shape index (κ2) is 8.77. The quantitative estimate of drug-likeness (QED) is 0.625. The van der Waals surface area contributed by atoms with Crippen molar-refractivity contribution in [2.75, 3.05) is 18.4 Å². The summed E-state index contributed by atoms with van der Waals surface area (Å²) < 4.78 is 0. The van der Waals surface area contributed by atoms with Crippen molar-refractivity contribution in [3.8, 4) is 10.6 Å². The van der Waals surface area contributed by atoms with E-state index in [0.29, 0.717) is 11.6 Å². The van der Waals surface area contributed by atoms with E-state index < -0.39 is 0 Å². The molecule has 3 aromatic rings. The highest BCUT2D eigenvalue weighted by molar-refractivity contribution is 7.14. The van der Waals surface area contributed by atoms with Gasteiger partial charge in [0.1, 0.15) is 17.2 Å². The van der Waals surface area contributed by atoms with Crippen molar-refractivity contribution in [2.24, 2.45) is 0 Å². The lowest BCUT2D eigenvalue weighted by Gasteiger charge is -2.16. The highest BCUT2D eigenvalue weighted by atomic mass is 35.5. The van der Waals surface area contributed by atoms with Crippen LogP contribution in [0, 0.1) is 6.92 Å². The van der Waals surface area contributed by atoms with E-state index in [4.69, 9.17) is 16.6 Å². The zero-order valence-electron chi connectivity index (χ0n) is 14.7. The molecule has 0 radical (unpaired) electrons. The Kier molecular flexibility index (Phi) is 6.43. The number of aromatic nitrogens is 1. The fourth-order valence-electron chi connectivity index (χ4n) is 2.63. The summed E-state index contributed by atoms with van der Waals surface area (Å²) in [6.07, 6.45) is 0. The van der Waals surface area contributed by atoms with Crippen LogP contribution in [0.2, 0.25) is 5.02 Å².